The van der Waals surface area contributed by atoms with Crippen molar-refractivity contribution in [3.05, 3.63) is 78.2 Å². The number of hydrogen-bond donors (Lipinski definition) is 1. The molecule has 3 aromatic rings. The van der Waals surface area contributed by atoms with Crippen LogP contribution in [0.2, 0.25) is 0 Å². The van der Waals surface area contributed by atoms with E-state index >= 15 is 0 Å². The highest BCUT2D eigenvalue weighted by molar-refractivity contribution is 7.10. The first-order valence-corrected chi connectivity index (χ1v) is 14.0. The second kappa shape index (κ2) is 11.2. The van der Waals surface area contributed by atoms with Gasteiger partial charge >= 0.3 is 17.0 Å². The van der Waals surface area contributed by atoms with Gasteiger partial charge in [0.25, 0.3) is 0 Å². The molecule has 1 saturated carbocycles. The quantitative estimate of drug-likeness (QED) is 0.416. The summed E-state index contributed by atoms with van der Waals surface area (Å²) in [7, 11) is 1.28. The van der Waals surface area contributed by atoms with Crippen LogP contribution in [0.5, 0.6) is 11.6 Å². The van der Waals surface area contributed by atoms with E-state index in [9.17, 15) is 27.9 Å². The molecule has 0 bridgehead atoms. The molecule has 1 fully saturated rings. The van der Waals surface area contributed by atoms with Gasteiger partial charge in [0, 0.05) is 12.0 Å². The molecule has 0 amide bonds. The number of aromatic hydroxyl groups is 1. The maximum Gasteiger partial charge on any atom is 0.416 e. The highest BCUT2D eigenvalue weighted by atomic mass is 32.1. The number of ether oxygens (including phenoxy) is 2. The first kappa shape index (κ1) is 28.6. The molecule has 0 spiro atoms. The Hall–Kier alpha value is -3.93. The first-order chi connectivity index (χ1) is 19.6. The molecule has 8 nitrogen and oxygen atoms in total. The SMILES string of the molecule is CCOC(=O)C1(n2c(O)c(C(Cc3ccc(OC)cc3C(F)(F)F)=c3ccc4c(c3)C=NN=4)sc2=O)CCCCC1. The van der Waals surface area contributed by atoms with Crippen LogP contribution >= 0.6 is 11.3 Å². The second-order valence-corrected chi connectivity index (χ2v) is 10.9. The Bertz CT molecular complexity index is 1700. The van der Waals surface area contributed by atoms with Gasteiger partial charge in [0.1, 0.15) is 11.3 Å². The fourth-order valence-corrected chi connectivity index (χ4v) is 6.58. The van der Waals surface area contributed by atoms with Crippen LogP contribution in [-0.2, 0) is 27.7 Å². The molecule has 216 valence electrons. The number of halogens is 3. The minimum atomic E-state index is -4.68. The maximum atomic E-state index is 14.2. The summed E-state index contributed by atoms with van der Waals surface area (Å²) >= 11 is 0.695. The van der Waals surface area contributed by atoms with Crippen molar-refractivity contribution in [2.45, 2.75) is 57.2 Å². The molecular formula is C29H28F3N3O5S. The predicted molar refractivity (Wildman–Crippen MR) is 147 cm³/mol. The minimum absolute atomic E-state index is 0.0466. The van der Waals surface area contributed by atoms with Gasteiger partial charge in [-0.1, -0.05) is 42.7 Å². The Morgan fingerprint density at radius 3 is 2.59 bits per heavy atom. The number of thiazole rings is 1. The molecule has 2 aromatic carbocycles. The Morgan fingerprint density at radius 1 is 1.15 bits per heavy atom. The van der Waals surface area contributed by atoms with E-state index in [-0.39, 0.29) is 34.8 Å². The van der Waals surface area contributed by atoms with E-state index < -0.39 is 34.0 Å². The summed E-state index contributed by atoms with van der Waals surface area (Å²) < 4.78 is 53.9. The third-order valence-corrected chi connectivity index (χ3v) is 8.54. The lowest BCUT2D eigenvalue weighted by Crippen LogP contribution is -2.48. The smallest absolute Gasteiger partial charge is 0.416 e. The van der Waals surface area contributed by atoms with Crippen LogP contribution in [0.3, 0.4) is 0 Å². The lowest BCUT2D eigenvalue weighted by molar-refractivity contribution is -0.156. The van der Waals surface area contributed by atoms with Crippen LogP contribution in [0.25, 0.3) is 5.57 Å². The van der Waals surface area contributed by atoms with Crippen molar-refractivity contribution in [1.82, 2.24) is 4.57 Å². The topological polar surface area (TPSA) is 102 Å². The van der Waals surface area contributed by atoms with E-state index in [1.54, 1.807) is 25.1 Å². The average molecular weight is 588 g/mol. The molecule has 41 heavy (non-hydrogen) atoms. The molecule has 0 saturated heterocycles. The summed E-state index contributed by atoms with van der Waals surface area (Å²) in [5, 5.41) is 20.6. The fraction of sp³-hybridized carbons (Fsp3) is 0.379. The standard InChI is InChI=1S/C29H28F3N3O5S/c1-3-40-26(37)28(11-5-4-6-12-28)35-25(36)24(41-27(35)38)21(17-8-10-23-19(13-17)16-33-34-23)14-18-7-9-20(39-2)15-22(18)29(30,31)32/h7-10,13,15-16,36H,3-6,11-12,14H2,1-2H3. The maximum absolute atomic E-state index is 14.2. The minimum Gasteiger partial charge on any atom is -0.497 e. The molecule has 5 rings (SSSR count). The highest BCUT2D eigenvalue weighted by Gasteiger charge is 2.46. The summed E-state index contributed by atoms with van der Waals surface area (Å²) in [4.78, 5) is 26.3. The number of carbonyl (C=O) groups is 1. The summed E-state index contributed by atoms with van der Waals surface area (Å²) in [5.74, 6) is -1.02. The highest BCUT2D eigenvalue weighted by Crippen LogP contribution is 2.42. The van der Waals surface area contributed by atoms with Crippen LogP contribution < -0.4 is 20.2 Å². The summed E-state index contributed by atoms with van der Waals surface area (Å²) in [6, 6.07) is 8.72. The average Bonchev–Trinajstić information content (AvgIpc) is 3.54. The van der Waals surface area contributed by atoms with E-state index in [2.05, 4.69) is 10.2 Å². The molecule has 2 aliphatic rings. The van der Waals surface area contributed by atoms with Crippen molar-refractivity contribution in [1.29, 1.82) is 0 Å². The Labute approximate surface area is 237 Å². The largest absolute Gasteiger partial charge is 0.497 e. The van der Waals surface area contributed by atoms with Crippen molar-refractivity contribution in [2.24, 2.45) is 10.2 Å². The number of alkyl halides is 3. The number of carbonyl (C=O) groups excluding carboxylic acids is 1. The molecule has 0 radical (unpaired) electrons. The van der Waals surface area contributed by atoms with Crippen LogP contribution in [0, 0.1) is 0 Å². The zero-order valence-corrected chi connectivity index (χ0v) is 23.3. The van der Waals surface area contributed by atoms with Crippen molar-refractivity contribution in [3.8, 4) is 11.6 Å². The number of fused-ring (bicyclic) bond motifs is 1. The number of aromatic nitrogens is 1. The van der Waals surface area contributed by atoms with E-state index in [0.717, 1.165) is 17.1 Å². The zero-order valence-electron chi connectivity index (χ0n) is 22.5. The fourth-order valence-electron chi connectivity index (χ4n) is 5.56. The van der Waals surface area contributed by atoms with Crippen LogP contribution in [-0.4, -0.2) is 35.6 Å². The third kappa shape index (κ3) is 5.28. The van der Waals surface area contributed by atoms with E-state index in [4.69, 9.17) is 9.47 Å². The number of hydrogen-bond acceptors (Lipinski definition) is 8. The van der Waals surface area contributed by atoms with E-state index in [1.807, 2.05) is 0 Å². The van der Waals surface area contributed by atoms with Gasteiger partial charge < -0.3 is 14.6 Å². The molecule has 0 atom stereocenters. The van der Waals surface area contributed by atoms with Gasteiger partial charge in [-0.2, -0.15) is 23.4 Å². The first-order valence-electron chi connectivity index (χ1n) is 13.2. The van der Waals surface area contributed by atoms with Gasteiger partial charge in [-0.3, -0.25) is 9.36 Å². The number of rotatable bonds is 7. The molecule has 1 aromatic heterocycles. The molecular weight excluding hydrogens is 559 g/mol. The van der Waals surface area contributed by atoms with E-state index in [0.29, 0.717) is 53.2 Å². The summed E-state index contributed by atoms with van der Waals surface area (Å²) in [6.45, 7) is 1.77. The summed E-state index contributed by atoms with van der Waals surface area (Å²) in [5.41, 5.74) is -1.43. The molecule has 12 heteroatoms. The Morgan fingerprint density at radius 2 is 1.90 bits per heavy atom. The Kier molecular flexibility index (Phi) is 7.78. The zero-order chi connectivity index (χ0) is 29.4. The monoisotopic (exact) mass is 587 g/mol. The van der Waals surface area contributed by atoms with Gasteiger partial charge in [-0.25, -0.2) is 4.79 Å². The lowest BCUT2D eigenvalue weighted by atomic mass is 9.81. The normalized spacial score (nSPS) is 16.6. The van der Waals surface area contributed by atoms with Gasteiger partial charge in [0.15, 0.2) is 0 Å². The van der Waals surface area contributed by atoms with Crippen molar-refractivity contribution >= 4 is 29.1 Å². The van der Waals surface area contributed by atoms with Crippen LogP contribution in [0.1, 0.15) is 60.6 Å². The molecule has 1 aliphatic carbocycles. The number of nitrogens with zero attached hydrogens (tertiary/aromatic N) is 3. The molecule has 2 heterocycles. The molecule has 1 aliphatic heterocycles. The van der Waals surface area contributed by atoms with Crippen LogP contribution in [0.15, 0.2) is 51.4 Å². The number of benzene rings is 2. The van der Waals surface area contributed by atoms with Gasteiger partial charge in [0.2, 0.25) is 5.88 Å². The predicted octanol–water partition coefficient (Wildman–Crippen LogP) is 4.27. The van der Waals surface area contributed by atoms with Gasteiger partial charge in [0.05, 0.1) is 35.7 Å². The Balaban J connectivity index is 1.75. The van der Waals surface area contributed by atoms with Crippen molar-refractivity contribution in [2.75, 3.05) is 13.7 Å². The van der Waals surface area contributed by atoms with Gasteiger partial charge in [-0.05, 0) is 60.4 Å². The summed E-state index contributed by atoms with van der Waals surface area (Å²) in [6.07, 6.45) is -0.652. The van der Waals surface area contributed by atoms with Gasteiger partial charge in [-0.15, -0.1) is 0 Å². The van der Waals surface area contributed by atoms with E-state index in [1.165, 1.54) is 25.5 Å². The number of methoxy groups -OCH3 is 1. The third-order valence-electron chi connectivity index (χ3n) is 7.55. The second-order valence-electron chi connectivity index (χ2n) is 9.96. The van der Waals surface area contributed by atoms with Crippen molar-refractivity contribution < 1.29 is 32.5 Å². The van der Waals surface area contributed by atoms with Crippen molar-refractivity contribution in [3.63, 3.8) is 0 Å². The lowest BCUT2D eigenvalue weighted by Gasteiger charge is -2.35. The number of esters is 1. The molecule has 0 unspecified atom stereocenters. The van der Waals surface area contributed by atoms with Crippen LogP contribution in [0.4, 0.5) is 13.2 Å². The molecule has 1 N–H and O–H groups in total.